The van der Waals surface area contributed by atoms with Gasteiger partial charge in [0.1, 0.15) is 5.82 Å². The molecule has 0 aliphatic rings. The van der Waals surface area contributed by atoms with Gasteiger partial charge in [0.25, 0.3) is 0 Å². The molecule has 8 heteroatoms. The maximum Gasteiger partial charge on any atom is 0.182 e. The highest BCUT2D eigenvalue weighted by Crippen LogP contribution is 2.25. The molecule has 0 amide bonds. The van der Waals surface area contributed by atoms with Gasteiger partial charge in [-0.15, -0.1) is 0 Å². The fourth-order valence-electron chi connectivity index (χ4n) is 2.43. The largest absolute Gasteiger partial charge is 0.261 e. The minimum Gasteiger partial charge on any atom is -0.261 e. The highest BCUT2D eigenvalue weighted by molar-refractivity contribution is 7.92. The first-order chi connectivity index (χ1) is 12.9. The first-order valence-corrected chi connectivity index (χ1v) is 10.2. The average molecular weight is 403 g/mol. The zero-order valence-corrected chi connectivity index (χ0v) is 16.4. The molecule has 3 rings (SSSR count). The van der Waals surface area contributed by atoms with Crippen molar-refractivity contribution in [2.24, 2.45) is 5.10 Å². The summed E-state index contributed by atoms with van der Waals surface area (Å²) < 4.78 is 26.9. The number of para-hydroxylation sites is 1. The summed E-state index contributed by atoms with van der Waals surface area (Å²) in [5, 5.41) is 8.57. The number of benzene rings is 2. The first-order valence-electron chi connectivity index (χ1n) is 8.31. The van der Waals surface area contributed by atoms with Gasteiger partial charge in [-0.3, -0.25) is 5.43 Å². The molecular weight excluding hydrogens is 384 g/mol. The van der Waals surface area contributed by atoms with Crippen molar-refractivity contribution in [1.82, 2.24) is 9.78 Å². The second-order valence-electron chi connectivity index (χ2n) is 6.11. The van der Waals surface area contributed by atoms with Gasteiger partial charge in [0.05, 0.1) is 28.2 Å². The van der Waals surface area contributed by atoms with E-state index in [4.69, 9.17) is 11.6 Å². The molecule has 0 radical (unpaired) electrons. The quantitative estimate of drug-likeness (QED) is 0.496. The molecule has 1 N–H and O–H groups in total. The summed E-state index contributed by atoms with van der Waals surface area (Å²) in [6.45, 7) is 3.32. The van der Waals surface area contributed by atoms with Crippen molar-refractivity contribution < 1.29 is 8.42 Å². The molecule has 1 heterocycles. The third-order valence-electron chi connectivity index (χ3n) is 3.93. The van der Waals surface area contributed by atoms with Gasteiger partial charge in [-0.1, -0.05) is 35.9 Å². The monoisotopic (exact) mass is 402 g/mol. The van der Waals surface area contributed by atoms with Crippen molar-refractivity contribution in [1.29, 1.82) is 0 Å². The van der Waals surface area contributed by atoms with Gasteiger partial charge in [0.2, 0.25) is 0 Å². The summed E-state index contributed by atoms with van der Waals surface area (Å²) in [6, 6.07) is 15.7. The van der Waals surface area contributed by atoms with E-state index in [-0.39, 0.29) is 4.90 Å². The van der Waals surface area contributed by atoms with Crippen LogP contribution >= 0.6 is 11.6 Å². The van der Waals surface area contributed by atoms with Crippen molar-refractivity contribution in [2.75, 3.05) is 5.43 Å². The number of nitrogens with one attached hydrogen (secondary N) is 1. The van der Waals surface area contributed by atoms with Crippen LogP contribution in [0.2, 0.25) is 5.02 Å². The van der Waals surface area contributed by atoms with Crippen LogP contribution < -0.4 is 5.43 Å². The molecule has 0 bridgehead atoms. The van der Waals surface area contributed by atoms with Crippen LogP contribution in [0.3, 0.4) is 0 Å². The Hall–Kier alpha value is -2.64. The van der Waals surface area contributed by atoms with E-state index in [1.807, 2.05) is 12.1 Å². The molecule has 0 atom stereocenters. The molecule has 0 spiro atoms. The molecule has 0 aliphatic heterocycles. The van der Waals surface area contributed by atoms with Crippen LogP contribution in [0.1, 0.15) is 19.4 Å². The fraction of sp³-hybridized carbons (Fsp3) is 0.158. The summed E-state index contributed by atoms with van der Waals surface area (Å²) >= 11 is 5.87. The summed E-state index contributed by atoms with van der Waals surface area (Å²) in [5.74, 6) is 0.548. The van der Waals surface area contributed by atoms with Gasteiger partial charge in [0, 0.05) is 11.1 Å². The van der Waals surface area contributed by atoms with Gasteiger partial charge in [0.15, 0.2) is 9.84 Å². The molecule has 0 saturated carbocycles. The van der Waals surface area contributed by atoms with Crippen molar-refractivity contribution >= 4 is 33.5 Å². The van der Waals surface area contributed by atoms with Crippen molar-refractivity contribution in [3.63, 3.8) is 0 Å². The predicted octanol–water partition coefficient (Wildman–Crippen LogP) is 4.15. The Morgan fingerprint density at radius 1 is 1.11 bits per heavy atom. The lowest BCUT2D eigenvalue weighted by Gasteiger charge is -2.14. The summed E-state index contributed by atoms with van der Waals surface area (Å²) in [4.78, 5) is 0.230. The van der Waals surface area contributed by atoms with E-state index in [2.05, 4.69) is 15.6 Å². The average Bonchev–Trinajstić information content (AvgIpc) is 3.11. The zero-order chi connectivity index (χ0) is 19.4. The maximum atomic E-state index is 12.7. The smallest absolute Gasteiger partial charge is 0.182 e. The number of rotatable bonds is 6. The van der Waals surface area contributed by atoms with Crippen LogP contribution in [-0.4, -0.2) is 29.7 Å². The second-order valence-corrected chi connectivity index (χ2v) is 9.02. The third kappa shape index (κ3) is 4.20. The van der Waals surface area contributed by atoms with Gasteiger partial charge in [-0.05, 0) is 43.7 Å². The number of hydrazone groups is 1. The molecule has 0 fully saturated rings. The highest BCUT2D eigenvalue weighted by atomic mass is 35.5. The Morgan fingerprint density at radius 3 is 2.52 bits per heavy atom. The maximum absolute atomic E-state index is 12.7. The Labute approximate surface area is 163 Å². The Morgan fingerprint density at radius 2 is 1.81 bits per heavy atom. The molecule has 0 unspecified atom stereocenters. The van der Waals surface area contributed by atoms with E-state index in [0.29, 0.717) is 16.5 Å². The van der Waals surface area contributed by atoms with Crippen molar-refractivity contribution in [3.8, 4) is 5.69 Å². The SMILES string of the molecule is CC(C)S(=O)(=O)c1ccccc1-n1nccc1NN=Cc1ccc(Cl)cc1. The second kappa shape index (κ2) is 7.94. The zero-order valence-electron chi connectivity index (χ0n) is 14.9. The van der Waals surface area contributed by atoms with Crippen LogP contribution in [0.4, 0.5) is 5.82 Å². The number of hydrogen-bond donors (Lipinski definition) is 1. The molecule has 140 valence electrons. The van der Waals surface area contributed by atoms with E-state index in [9.17, 15) is 8.42 Å². The molecule has 1 aromatic heterocycles. The minimum absolute atomic E-state index is 0.230. The van der Waals surface area contributed by atoms with Gasteiger partial charge in [-0.2, -0.15) is 10.2 Å². The number of halogens is 1. The predicted molar refractivity (Wildman–Crippen MR) is 109 cm³/mol. The normalized spacial score (nSPS) is 12.0. The van der Waals surface area contributed by atoms with E-state index < -0.39 is 15.1 Å². The number of aromatic nitrogens is 2. The Kier molecular flexibility index (Phi) is 5.62. The lowest BCUT2D eigenvalue weighted by Crippen LogP contribution is -2.17. The number of anilines is 1. The van der Waals surface area contributed by atoms with E-state index in [1.165, 1.54) is 4.68 Å². The van der Waals surface area contributed by atoms with Gasteiger partial charge < -0.3 is 0 Å². The van der Waals surface area contributed by atoms with Gasteiger partial charge >= 0.3 is 0 Å². The van der Waals surface area contributed by atoms with Crippen LogP contribution in [0.15, 0.2) is 70.8 Å². The number of nitrogens with zero attached hydrogens (tertiary/aromatic N) is 3. The van der Waals surface area contributed by atoms with Gasteiger partial charge in [-0.25, -0.2) is 13.1 Å². The molecular formula is C19H19ClN4O2S. The third-order valence-corrected chi connectivity index (χ3v) is 6.38. The highest BCUT2D eigenvalue weighted by Gasteiger charge is 2.24. The Bertz CT molecular complexity index is 1060. The summed E-state index contributed by atoms with van der Waals surface area (Å²) in [7, 11) is -3.46. The molecule has 0 aliphatic carbocycles. The summed E-state index contributed by atoms with van der Waals surface area (Å²) in [5.41, 5.74) is 4.25. The lowest BCUT2D eigenvalue weighted by molar-refractivity contribution is 0.586. The number of sulfone groups is 1. The molecule has 3 aromatic rings. The van der Waals surface area contributed by atoms with Crippen LogP contribution in [0.25, 0.3) is 5.69 Å². The minimum atomic E-state index is -3.46. The van der Waals surface area contributed by atoms with E-state index >= 15 is 0 Å². The standard InChI is InChI=1S/C19H19ClN4O2S/c1-14(2)27(25,26)18-6-4-3-5-17(18)24-19(11-12-22-24)23-21-13-15-7-9-16(20)10-8-15/h3-14,23H,1-2H3. The van der Waals surface area contributed by atoms with Crippen molar-refractivity contribution in [2.45, 2.75) is 24.0 Å². The molecule has 27 heavy (non-hydrogen) atoms. The molecule has 0 saturated heterocycles. The van der Waals surface area contributed by atoms with E-state index in [1.54, 1.807) is 68.7 Å². The van der Waals surface area contributed by atoms with Crippen LogP contribution in [-0.2, 0) is 9.84 Å². The van der Waals surface area contributed by atoms with E-state index in [0.717, 1.165) is 5.56 Å². The lowest BCUT2D eigenvalue weighted by atomic mass is 10.2. The first kappa shape index (κ1) is 19.1. The Balaban J connectivity index is 1.91. The molecule has 2 aromatic carbocycles. The molecule has 6 nitrogen and oxygen atoms in total. The summed E-state index contributed by atoms with van der Waals surface area (Å²) in [6.07, 6.45) is 3.23. The van der Waals surface area contributed by atoms with Crippen molar-refractivity contribution in [3.05, 3.63) is 71.4 Å². The van der Waals surface area contributed by atoms with Crippen LogP contribution in [0.5, 0.6) is 0 Å². The number of hydrogen-bond acceptors (Lipinski definition) is 5. The fourth-order valence-corrected chi connectivity index (χ4v) is 3.78. The topological polar surface area (TPSA) is 76.3 Å². The van der Waals surface area contributed by atoms with Crippen LogP contribution in [0, 0.1) is 0 Å².